The molecule has 12 nitrogen and oxygen atoms in total. The highest BCUT2D eigenvalue weighted by Crippen LogP contribution is 2.40. The number of carboxylic acid groups (broad SMARTS) is 1. The maximum Gasteiger partial charge on any atom is 0.352 e. The van der Waals surface area contributed by atoms with Crippen molar-refractivity contribution in [2.45, 2.75) is 18.0 Å². The number of hydrogen-bond donors (Lipinski definition) is 3. The highest BCUT2D eigenvalue weighted by Gasteiger charge is 2.54. The second-order valence-electron chi connectivity index (χ2n) is 7.63. The molecule has 0 saturated carbocycles. The van der Waals surface area contributed by atoms with E-state index >= 15 is 0 Å². The number of carboxylic acids is 1. The number of nitrogen functional groups attached to an aromatic ring is 1. The van der Waals surface area contributed by atoms with Crippen LogP contribution in [0.4, 0.5) is 6.01 Å². The van der Waals surface area contributed by atoms with Crippen LogP contribution in [0.5, 0.6) is 0 Å². The number of thiophene rings is 1. The number of carbonyl (C=O) groups excluding carboxylic acids is 2. The summed E-state index contributed by atoms with van der Waals surface area (Å²) in [6.07, 6.45) is 3.02. The van der Waals surface area contributed by atoms with Gasteiger partial charge in [-0.25, -0.2) is 4.79 Å². The summed E-state index contributed by atoms with van der Waals surface area (Å²) < 4.78 is 6.89. The maximum atomic E-state index is 13.0. The lowest BCUT2D eigenvalue weighted by atomic mass is 10.0. The number of fused-ring (bicyclic) bond motifs is 2. The number of anilines is 1. The molecule has 0 bridgehead atoms. The van der Waals surface area contributed by atoms with Gasteiger partial charge < -0.3 is 25.4 Å². The first-order valence-electron chi connectivity index (χ1n) is 10.3. The first kappa shape index (κ1) is 22.9. The van der Waals surface area contributed by atoms with Crippen LogP contribution in [-0.4, -0.2) is 62.8 Å². The molecular formula is C21H19N6O6S2+. The molecule has 2 unspecified atom stereocenters. The molecule has 1 saturated heterocycles. The van der Waals surface area contributed by atoms with Gasteiger partial charge >= 0.3 is 5.97 Å². The summed E-state index contributed by atoms with van der Waals surface area (Å²) in [6, 6.07) is 4.78. The summed E-state index contributed by atoms with van der Waals surface area (Å²) in [5, 5.41) is 18.7. The van der Waals surface area contributed by atoms with Gasteiger partial charge in [-0.05, 0) is 17.5 Å². The summed E-state index contributed by atoms with van der Waals surface area (Å²) >= 11 is 2.94. The number of hydrogen-bond acceptors (Lipinski definition) is 10. The average molecular weight is 516 g/mol. The number of rotatable bonds is 7. The number of aromatic nitrogens is 2. The molecule has 2 amide bonds. The van der Waals surface area contributed by atoms with Crippen molar-refractivity contribution in [2.24, 2.45) is 5.16 Å². The Morgan fingerprint density at radius 3 is 3.00 bits per heavy atom. The molecule has 35 heavy (non-hydrogen) atoms. The molecule has 1 fully saturated rings. The van der Waals surface area contributed by atoms with E-state index in [-0.39, 0.29) is 23.1 Å². The smallest absolute Gasteiger partial charge is 0.352 e. The van der Waals surface area contributed by atoms with Crippen LogP contribution >= 0.6 is 23.1 Å². The van der Waals surface area contributed by atoms with Crippen LogP contribution in [0.2, 0.25) is 0 Å². The Morgan fingerprint density at radius 2 is 2.29 bits per heavy atom. The lowest BCUT2D eigenvalue weighted by Gasteiger charge is -2.49. The van der Waals surface area contributed by atoms with Crippen LogP contribution < -0.4 is 15.6 Å². The third-order valence-electron chi connectivity index (χ3n) is 5.54. The molecule has 0 aliphatic carbocycles. The van der Waals surface area contributed by atoms with Crippen LogP contribution in [-0.2, 0) is 25.8 Å². The Balaban J connectivity index is 1.38. The van der Waals surface area contributed by atoms with Gasteiger partial charge in [-0.3, -0.25) is 14.5 Å². The zero-order valence-corrected chi connectivity index (χ0v) is 19.8. The fraction of sp³-hybridized carbons (Fsp3) is 0.238. The summed E-state index contributed by atoms with van der Waals surface area (Å²) in [5.41, 5.74) is 5.83. The quantitative estimate of drug-likeness (QED) is 0.176. The van der Waals surface area contributed by atoms with E-state index in [4.69, 9.17) is 15.0 Å². The number of carbonyl (C=O) groups is 3. The Morgan fingerprint density at radius 1 is 1.46 bits per heavy atom. The topological polar surface area (TPSA) is 164 Å². The third kappa shape index (κ3) is 4.00. The van der Waals surface area contributed by atoms with Gasteiger partial charge in [0.15, 0.2) is 18.5 Å². The van der Waals surface area contributed by atoms with Crippen molar-refractivity contribution >= 4 is 62.8 Å². The zero-order valence-electron chi connectivity index (χ0n) is 18.2. The van der Waals surface area contributed by atoms with Crippen molar-refractivity contribution < 1.29 is 33.3 Å². The largest absolute Gasteiger partial charge is 0.477 e. The van der Waals surface area contributed by atoms with E-state index in [2.05, 4.69) is 15.5 Å². The van der Waals surface area contributed by atoms with E-state index in [1.165, 1.54) is 23.8 Å². The van der Waals surface area contributed by atoms with Crippen molar-refractivity contribution in [2.75, 3.05) is 18.6 Å². The highest BCUT2D eigenvalue weighted by atomic mass is 32.2. The molecule has 3 aromatic rings. The molecule has 2 aliphatic heterocycles. The molecule has 2 aliphatic rings. The van der Waals surface area contributed by atoms with Crippen molar-refractivity contribution in [3.05, 3.63) is 53.0 Å². The molecule has 5 heterocycles. The van der Waals surface area contributed by atoms with Gasteiger partial charge in [0, 0.05) is 17.4 Å². The molecule has 5 rings (SSSR count). The number of β-lactam (4-membered cyclic amide) rings is 1. The van der Waals surface area contributed by atoms with Crippen LogP contribution in [0.3, 0.4) is 0 Å². The second-order valence-corrected chi connectivity index (χ2v) is 9.63. The molecule has 0 spiro atoms. The predicted molar refractivity (Wildman–Crippen MR) is 126 cm³/mol. The van der Waals surface area contributed by atoms with Crippen LogP contribution in [0, 0.1) is 0 Å². The second kappa shape index (κ2) is 9.03. The van der Waals surface area contributed by atoms with E-state index in [1.54, 1.807) is 11.3 Å². The summed E-state index contributed by atoms with van der Waals surface area (Å²) in [7, 11) is 1.25. The van der Waals surface area contributed by atoms with Gasteiger partial charge in [0.25, 0.3) is 22.7 Å². The Bertz CT molecular complexity index is 1410. The zero-order chi connectivity index (χ0) is 24.7. The van der Waals surface area contributed by atoms with Crippen LogP contribution in [0.1, 0.15) is 5.69 Å². The van der Waals surface area contributed by atoms with Crippen molar-refractivity contribution in [3.8, 4) is 0 Å². The van der Waals surface area contributed by atoms with E-state index in [0.29, 0.717) is 17.9 Å². The number of aliphatic carboxylic acids is 1. The summed E-state index contributed by atoms with van der Waals surface area (Å²) in [5.74, 6) is -2.07. The van der Waals surface area contributed by atoms with Crippen LogP contribution in [0.25, 0.3) is 10.2 Å². The van der Waals surface area contributed by atoms with E-state index in [1.807, 2.05) is 34.3 Å². The predicted octanol–water partition coefficient (Wildman–Crippen LogP) is 0.548. The Hall–Kier alpha value is -3.91. The van der Waals surface area contributed by atoms with Gasteiger partial charge in [-0.1, -0.05) is 16.5 Å². The van der Waals surface area contributed by atoms with Crippen LogP contribution in [0.15, 0.2) is 56.9 Å². The standard InChI is InChI=1S/C21H18N6O6S2/c1-32-25-13(12-8-33-21(22)23-12)16(28)24-14-17(29)27-15(20(30)31)11(9-35-19(14)27)7-26-5-2-3-10-4-6-34-18(10)26/h2-6,8,14,19H,7,9H2,1H3,(H3-,22,23,24,28,30,31)/p+1/b25-13+. The van der Waals surface area contributed by atoms with E-state index in [9.17, 15) is 19.5 Å². The first-order valence-corrected chi connectivity index (χ1v) is 12.2. The number of pyridine rings is 1. The molecule has 4 N–H and O–H groups in total. The van der Waals surface area contributed by atoms with Crippen molar-refractivity contribution in [1.29, 1.82) is 0 Å². The lowest BCUT2D eigenvalue weighted by molar-refractivity contribution is -0.661. The number of oxazole rings is 1. The minimum Gasteiger partial charge on any atom is -0.477 e. The number of nitrogens with zero attached hydrogens (tertiary/aromatic N) is 4. The third-order valence-corrected chi connectivity index (χ3v) is 7.84. The SMILES string of the molecule is CO/N=C(/C(=O)NC1C(=O)N2C(C(=O)O)=C(C[n+]3cccc4ccsc43)CSC12)c1coc(N)n1. The summed E-state index contributed by atoms with van der Waals surface area (Å²) in [6.45, 7) is 0.332. The fourth-order valence-electron chi connectivity index (χ4n) is 4.03. The molecule has 180 valence electrons. The monoisotopic (exact) mass is 515 g/mol. The van der Waals surface area contributed by atoms with Gasteiger partial charge in [-0.15, -0.1) is 11.8 Å². The van der Waals surface area contributed by atoms with Gasteiger partial charge in [0.2, 0.25) is 0 Å². The number of nitrogens with two attached hydrogens (primary N) is 1. The van der Waals surface area contributed by atoms with Gasteiger partial charge in [-0.2, -0.15) is 9.55 Å². The number of nitrogens with one attached hydrogen (secondary N) is 1. The van der Waals surface area contributed by atoms with Gasteiger partial charge in [0.1, 0.15) is 36.2 Å². The van der Waals surface area contributed by atoms with Crippen molar-refractivity contribution in [3.63, 3.8) is 0 Å². The maximum absolute atomic E-state index is 13.0. The number of amides is 2. The average Bonchev–Trinajstić information content (AvgIpc) is 3.49. The lowest BCUT2D eigenvalue weighted by Crippen LogP contribution is -2.71. The molecule has 14 heteroatoms. The number of oxime groups is 1. The molecule has 0 radical (unpaired) electrons. The minimum absolute atomic E-state index is 0.0370. The molecule has 3 aromatic heterocycles. The molecule has 2 atom stereocenters. The normalized spacial score (nSPS) is 20.0. The summed E-state index contributed by atoms with van der Waals surface area (Å²) in [4.78, 5) is 48.8. The van der Waals surface area contributed by atoms with E-state index < -0.39 is 29.2 Å². The fourth-order valence-corrected chi connectivity index (χ4v) is 6.24. The molecule has 0 aromatic carbocycles. The Kier molecular flexibility index (Phi) is 5.90. The number of thioether (sulfide) groups is 1. The molecular weight excluding hydrogens is 496 g/mol. The first-order chi connectivity index (χ1) is 16.9. The van der Waals surface area contributed by atoms with E-state index in [0.717, 1.165) is 16.5 Å². The Labute approximate surface area is 206 Å². The van der Waals surface area contributed by atoms with Gasteiger partial charge in [0.05, 0.1) is 5.39 Å². The minimum atomic E-state index is -1.19. The van der Waals surface area contributed by atoms with Crippen molar-refractivity contribution in [1.82, 2.24) is 15.2 Å². The highest BCUT2D eigenvalue weighted by molar-refractivity contribution is 8.00.